The van der Waals surface area contributed by atoms with Crippen LogP contribution in [0.15, 0.2) is 83.5 Å². The number of hydrogen-bond donors (Lipinski definition) is 2. The number of amides is 2. The van der Waals surface area contributed by atoms with Crippen LogP contribution in [0.2, 0.25) is 0 Å². The first-order valence-electron chi connectivity index (χ1n) is 12.8. The third-order valence-electron chi connectivity index (χ3n) is 5.82. The Balaban J connectivity index is 1.66. The average Bonchev–Trinajstić information content (AvgIpc) is 3.42. The van der Waals surface area contributed by atoms with Gasteiger partial charge in [-0.3, -0.25) is 14.4 Å². The van der Waals surface area contributed by atoms with Crippen LogP contribution >= 0.6 is 11.8 Å². The summed E-state index contributed by atoms with van der Waals surface area (Å²) in [5.41, 5.74) is 0.941. The SMILES string of the molecule is CC(C)CC(NC(=O)C(C)Oc1ccccc1)C(=O)N[C@@H](Cc1ccccc1)C(=O)CSCc1ccco1. The Bertz CT molecular complexity index is 1140. The minimum atomic E-state index is -0.800. The van der Waals surface area contributed by atoms with Gasteiger partial charge in [0.2, 0.25) is 5.91 Å². The van der Waals surface area contributed by atoms with Crippen LogP contribution in [-0.2, 0) is 26.6 Å². The molecule has 2 aromatic carbocycles. The molecule has 0 saturated carbocycles. The number of ketones is 1. The molecule has 0 aliphatic carbocycles. The number of carbonyl (C=O) groups excluding carboxylic acids is 3. The highest BCUT2D eigenvalue weighted by Gasteiger charge is 2.29. The Morgan fingerprint density at radius 2 is 1.50 bits per heavy atom. The van der Waals surface area contributed by atoms with Gasteiger partial charge in [0, 0.05) is 0 Å². The molecule has 3 atom stereocenters. The van der Waals surface area contributed by atoms with E-state index in [-0.39, 0.29) is 23.4 Å². The first-order chi connectivity index (χ1) is 18.3. The molecule has 8 heteroatoms. The van der Waals surface area contributed by atoms with Gasteiger partial charge < -0.3 is 19.8 Å². The summed E-state index contributed by atoms with van der Waals surface area (Å²) in [4.78, 5) is 39.5. The molecule has 202 valence electrons. The summed E-state index contributed by atoms with van der Waals surface area (Å²) in [6.45, 7) is 5.60. The van der Waals surface area contributed by atoms with Crippen molar-refractivity contribution in [3.8, 4) is 5.75 Å². The zero-order valence-corrected chi connectivity index (χ0v) is 22.9. The van der Waals surface area contributed by atoms with Gasteiger partial charge in [-0.25, -0.2) is 0 Å². The van der Waals surface area contributed by atoms with Crippen LogP contribution < -0.4 is 15.4 Å². The van der Waals surface area contributed by atoms with Crippen molar-refractivity contribution in [2.24, 2.45) is 5.92 Å². The second-order valence-corrected chi connectivity index (χ2v) is 10.5. The Kier molecular flexibility index (Phi) is 11.5. The van der Waals surface area contributed by atoms with E-state index in [2.05, 4.69) is 10.6 Å². The Hall–Kier alpha value is -3.52. The van der Waals surface area contributed by atoms with Crippen LogP contribution in [0.5, 0.6) is 5.75 Å². The molecular weight excluding hydrogens is 500 g/mol. The van der Waals surface area contributed by atoms with Crippen molar-refractivity contribution in [2.45, 2.75) is 57.6 Å². The van der Waals surface area contributed by atoms with Crippen molar-refractivity contribution in [1.29, 1.82) is 0 Å². The number of Topliss-reactive ketones (excluding diaryl/α,β-unsaturated/α-hetero) is 1. The predicted molar refractivity (Wildman–Crippen MR) is 150 cm³/mol. The summed E-state index contributed by atoms with van der Waals surface area (Å²) in [6, 6.07) is 20.8. The minimum absolute atomic E-state index is 0.0887. The highest BCUT2D eigenvalue weighted by Crippen LogP contribution is 2.15. The lowest BCUT2D eigenvalue weighted by Crippen LogP contribution is -2.54. The predicted octanol–water partition coefficient (Wildman–Crippen LogP) is 4.81. The first kappa shape index (κ1) is 29.0. The number of furan rings is 1. The zero-order chi connectivity index (χ0) is 27.3. The molecule has 0 spiro atoms. The number of carbonyl (C=O) groups is 3. The fourth-order valence-corrected chi connectivity index (χ4v) is 4.73. The second kappa shape index (κ2) is 15.0. The van der Waals surface area contributed by atoms with Gasteiger partial charge in [0.15, 0.2) is 11.9 Å². The fourth-order valence-electron chi connectivity index (χ4n) is 3.86. The minimum Gasteiger partial charge on any atom is -0.481 e. The maximum absolute atomic E-state index is 13.4. The molecule has 0 aliphatic rings. The van der Waals surface area contributed by atoms with E-state index in [4.69, 9.17) is 9.15 Å². The van der Waals surface area contributed by atoms with Crippen molar-refractivity contribution in [1.82, 2.24) is 10.6 Å². The number of para-hydroxylation sites is 1. The van der Waals surface area contributed by atoms with E-state index in [1.807, 2.05) is 74.5 Å². The van der Waals surface area contributed by atoms with Gasteiger partial charge in [0.1, 0.15) is 17.6 Å². The Morgan fingerprint density at radius 1 is 0.842 bits per heavy atom. The van der Waals surface area contributed by atoms with Gasteiger partial charge in [0.25, 0.3) is 5.91 Å². The third-order valence-corrected chi connectivity index (χ3v) is 6.80. The van der Waals surface area contributed by atoms with Crippen molar-refractivity contribution in [3.05, 3.63) is 90.4 Å². The van der Waals surface area contributed by atoms with Crippen LogP contribution in [0.3, 0.4) is 0 Å². The van der Waals surface area contributed by atoms with E-state index in [0.29, 0.717) is 24.3 Å². The van der Waals surface area contributed by atoms with Gasteiger partial charge in [-0.2, -0.15) is 0 Å². The Morgan fingerprint density at radius 3 is 2.13 bits per heavy atom. The van der Waals surface area contributed by atoms with Gasteiger partial charge in [-0.15, -0.1) is 11.8 Å². The van der Waals surface area contributed by atoms with Gasteiger partial charge in [-0.05, 0) is 55.5 Å². The summed E-state index contributed by atoms with van der Waals surface area (Å²) < 4.78 is 11.1. The van der Waals surface area contributed by atoms with E-state index in [1.54, 1.807) is 25.3 Å². The average molecular weight is 537 g/mol. The van der Waals surface area contributed by atoms with E-state index in [1.165, 1.54) is 11.8 Å². The number of ether oxygens (including phenoxy) is 1. The van der Waals surface area contributed by atoms with Crippen molar-refractivity contribution in [2.75, 3.05) is 5.75 Å². The van der Waals surface area contributed by atoms with E-state index in [0.717, 1.165) is 11.3 Å². The lowest BCUT2D eigenvalue weighted by molar-refractivity contribution is -0.134. The summed E-state index contributed by atoms with van der Waals surface area (Å²) in [7, 11) is 0. The summed E-state index contributed by atoms with van der Waals surface area (Å²) in [5.74, 6) is 1.42. The normalized spacial score (nSPS) is 13.4. The van der Waals surface area contributed by atoms with Gasteiger partial charge in [0.05, 0.1) is 23.8 Å². The molecule has 2 N–H and O–H groups in total. The third kappa shape index (κ3) is 9.74. The van der Waals surface area contributed by atoms with Crippen molar-refractivity contribution >= 4 is 29.4 Å². The topological polar surface area (TPSA) is 97.6 Å². The highest BCUT2D eigenvalue weighted by atomic mass is 32.2. The van der Waals surface area contributed by atoms with E-state index >= 15 is 0 Å². The standard InChI is InChI=1S/C30H36N2O5S/c1-21(2)17-27(32-29(34)22(3)37-24-13-8-5-9-14-24)30(35)31-26(18-23-11-6-4-7-12-23)28(33)20-38-19-25-15-10-16-36-25/h4-16,21-22,26-27H,17-20H2,1-3H3,(H,31,35)(H,32,34)/t22?,26-,27?/m0/s1. The molecule has 0 fully saturated rings. The number of hydrogen-bond acceptors (Lipinski definition) is 6. The van der Waals surface area contributed by atoms with Crippen molar-refractivity contribution in [3.63, 3.8) is 0 Å². The maximum atomic E-state index is 13.4. The smallest absolute Gasteiger partial charge is 0.261 e. The number of rotatable bonds is 15. The lowest BCUT2D eigenvalue weighted by atomic mass is 10.00. The lowest BCUT2D eigenvalue weighted by Gasteiger charge is -2.25. The molecule has 0 bridgehead atoms. The van der Waals surface area contributed by atoms with Crippen LogP contribution in [0, 0.1) is 5.92 Å². The highest BCUT2D eigenvalue weighted by molar-refractivity contribution is 7.99. The van der Waals surface area contributed by atoms with Crippen LogP contribution in [0.1, 0.15) is 38.5 Å². The van der Waals surface area contributed by atoms with Crippen LogP contribution in [-0.4, -0.2) is 41.5 Å². The Labute approximate surface area is 228 Å². The van der Waals surface area contributed by atoms with Crippen molar-refractivity contribution < 1.29 is 23.5 Å². The summed E-state index contributed by atoms with van der Waals surface area (Å²) in [6.07, 6.45) is 1.60. The van der Waals surface area contributed by atoms with Gasteiger partial charge >= 0.3 is 0 Å². The first-order valence-corrected chi connectivity index (χ1v) is 14.0. The fraction of sp³-hybridized carbons (Fsp3) is 0.367. The molecule has 3 rings (SSSR count). The van der Waals surface area contributed by atoms with Crippen LogP contribution in [0.25, 0.3) is 0 Å². The summed E-state index contributed by atoms with van der Waals surface area (Å²) >= 11 is 1.44. The number of nitrogens with one attached hydrogen (secondary N) is 2. The summed E-state index contributed by atoms with van der Waals surface area (Å²) in [5, 5.41) is 5.76. The molecular formula is C30H36N2O5S. The largest absolute Gasteiger partial charge is 0.481 e. The van der Waals surface area contributed by atoms with Gasteiger partial charge in [-0.1, -0.05) is 62.4 Å². The second-order valence-electron chi connectivity index (χ2n) is 9.55. The molecule has 1 aromatic heterocycles. The zero-order valence-electron chi connectivity index (χ0n) is 22.1. The number of benzene rings is 2. The number of thioether (sulfide) groups is 1. The monoisotopic (exact) mass is 536 g/mol. The molecule has 2 unspecified atom stereocenters. The molecule has 38 heavy (non-hydrogen) atoms. The van der Waals surface area contributed by atoms with E-state index < -0.39 is 24.1 Å². The van der Waals surface area contributed by atoms with Crippen LogP contribution in [0.4, 0.5) is 0 Å². The molecule has 0 aliphatic heterocycles. The maximum Gasteiger partial charge on any atom is 0.261 e. The molecule has 0 saturated heterocycles. The molecule has 1 heterocycles. The molecule has 7 nitrogen and oxygen atoms in total. The van der Waals surface area contributed by atoms with E-state index in [9.17, 15) is 14.4 Å². The molecule has 3 aromatic rings. The quantitative estimate of drug-likeness (QED) is 0.289. The molecule has 0 radical (unpaired) electrons. The molecule has 2 amide bonds.